The van der Waals surface area contributed by atoms with Gasteiger partial charge in [-0.2, -0.15) is 0 Å². The van der Waals surface area contributed by atoms with Crippen LogP contribution in [0.2, 0.25) is 0 Å². The molecule has 1 amide bonds. The molecule has 0 heterocycles. The van der Waals surface area contributed by atoms with Gasteiger partial charge >= 0.3 is 0 Å². The number of carbonyl (C=O) groups excluding carboxylic acids is 2. The van der Waals surface area contributed by atoms with Crippen molar-refractivity contribution in [1.82, 2.24) is 0 Å². The third-order valence-corrected chi connectivity index (χ3v) is 3.13. The number of ether oxygens (including phenoxy) is 1. The Kier molecular flexibility index (Phi) is 4.72. The maximum atomic E-state index is 12.3. The summed E-state index contributed by atoms with van der Waals surface area (Å²) < 4.78 is 5.10. The van der Waals surface area contributed by atoms with Gasteiger partial charge in [0.1, 0.15) is 5.75 Å². The Morgan fingerprint density at radius 1 is 1.10 bits per heavy atom. The van der Waals surface area contributed by atoms with Crippen molar-refractivity contribution >= 4 is 17.4 Å². The molecule has 0 saturated carbocycles. The van der Waals surface area contributed by atoms with E-state index in [1.54, 1.807) is 62.6 Å². The van der Waals surface area contributed by atoms with Gasteiger partial charge in [-0.25, -0.2) is 0 Å². The van der Waals surface area contributed by atoms with Gasteiger partial charge in [-0.15, -0.1) is 0 Å². The lowest BCUT2D eigenvalue weighted by Gasteiger charge is -2.10. The quantitative estimate of drug-likeness (QED) is 0.854. The molecular weight excluding hydrogens is 266 g/mol. The van der Waals surface area contributed by atoms with Gasteiger partial charge in [0.25, 0.3) is 5.91 Å². The van der Waals surface area contributed by atoms with Crippen molar-refractivity contribution in [3.63, 3.8) is 0 Å². The molecule has 0 aromatic heterocycles. The maximum Gasteiger partial charge on any atom is 0.255 e. The van der Waals surface area contributed by atoms with E-state index in [2.05, 4.69) is 5.32 Å². The Hall–Kier alpha value is -2.62. The van der Waals surface area contributed by atoms with Gasteiger partial charge in [-0.1, -0.05) is 25.1 Å². The molecule has 0 saturated heterocycles. The van der Waals surface area contributed by atoms with Crippen molar-refractivity contribution in [3.8, 4) is 5.75 Å². The van der Waals surface area contributed by atoms with Crippen molar-refractivity contribution in [2.24, 2.45) is 0 Å². The molecule has 108 valence electrons. The number of hydrogen-bond acceptors (Lipinski definition) is 3. The minimum atomic E-state index is -0.273. The first kappa shape index (κ1) is 14.8. The maximum absolute atomic E-state index is 12.3. The van der Waals surface area contributed by atoms with E-state index < -0.39 is 0 Å². The Bertz CT molecular complexity index is 665. The largest absolute Gasteiger partial charge is 0.497 e. The molecule has 0 radical (unpaired) electrons. The molecule has 4 nitrogen and oxygen atoms in total. The average Bonchev–Trinajstić information content (AvgIpc) is 2.54. The summed E-state index contributed by atoms with van der Waals surface area (Å²) >= 11 is 0. The molecule has 0 fully saturated rings. The zero-order valence-corrected chi connectivity index (χ0v) is 12.1. The molecule has 0 spiro atoms. The molecule has 0 bridgehead atoms. The predicted octanol–water partition coefficient (Wildman–Crippen LogP) is 3.54. The summed E-state index contributed by atoms with van der Waals surface area (Å²) in [6, 6.07) is 13.9. The predicted molar refractivity (Wildman–Crippen MR) is 82.0 cm³/mol. The van der Waals surface area contributed by atoms with Crippen LogP contribution in [0.1, 0.15) is 34.1 Å². The monoisotopic (exact) mass is 283 g/mol. The van der Waals surface area contributed by atoms with Crippen LogP contribution in [0.25, 0.3) is 0 Å². The molecule has 0 atom stereocenters. The Morgan fingerprint density at radius 2 is 1.86 bits per heavy atom. The van der Waals surface area contributed by atoms with Crippen molar-refractivity contribution < 1.29 is 14.3 Å². The van der Waals surface area contributed by atoms with Crippen molar-refractivity contribution in [3.05, 3.63) is 59.7 Å². The van der Waals surface area contributed by atoms with Crippen LogP contribution in [0.3, 0.4) is 0 Å². The molecular formula is C17H17NO3. The molecule has 4 heteroatoms. The number of nitrogens with one attached hydrogen (secondary N) is 1. The fraction of sp³-hybridized carbons (Fsp3) is 0.176. The lowest BCUT2D eigenvalue weighted by atomic mass is 10.1. The highest BCUT2D eigenvalue weighted by atomic mass is 16.5. The first-order valence-corrected chi connectivity index (χ1v) is 6.73. The van der Waals surface area contributed by atoms with E-state index in [9.17, 15) is 9.59 Å². The smallest absolute Gasteiger partial charge is 0.255 e. The zero-order valence-electron chi connectivity index (χ0n) is 12.1. The van der Waals surface area contributed by atoms with Gasteiger partial charge in [-0.05, 0) is 30.3 Å². The van der Waals surface area contributed by atoms with E-state index in [0.29, 0.717) is 29.0 Å². The summed E-state index contributed by atoms with van der Waals surface area (Å²) in [4.78, 5) is 24.1. The molecule has 2 aromatic carbocycles. The number of anilines is 1. The molecule has 0 unspecified atom stereocenters. The van der Waals surface area contributed by atoms with Crippen molar-refractivity contribution in [2.75, 3.05) is 12.4 Å². The van der Waals surface area contributed by atoms with Gasteiger partial charge in [0.2, 0.25) is 0 Å². The number of carbonyl (C=O) groups is 2. The van der Waals surface area contributed by atoms with Crippen LogP contribution >= 0.6 is 0 Å². The molecule has 0 aliphatic rings. The van der Waals surface area contributed by atoms with Gasteiger partial charge in [-0.3, -0.25) is 9.59 Å². The molecule has 21 heavy (non-hydrogen) atoms. The van der Waals surface area contributed by atoms with E-state index in [-0.39, 0.29) is 11.7 Å². The summed E-state index contributed by atoms with van der Waals surface area (Å²) in [6.45, 7) is 1.79. The van der Waals surface area contributed by atoms with Crippen molar-refractivity contribution in [2.45, 2.75) is 13.3 Å². The fourth-order valence-electron chi connectivity index (χ4n) is 1.98. The summed E-state index contributed by atoms with van der Waals surface area (Å²) in [5.41, 5.74) is 1.53. The highest BCUT2D eigenvalue weighted by Crippen LogP contribution is 2.19. The second-order valence-electron chi connectivity index (χ2n) is 4.51. The van der Waals surface area contributed by atoms with Gasteiger partial charge < -0.3 is 10.1 Å². The van der Waals surface area contributed by atoms with Crippen LogP contribution in [-0.4, -0.2) is 18.8 Å². The van der Waals surface area contributed by atoms with E-state index in [1.807, 2.05) is 0 Å². The van der Waals surface area contributed by atoms with Gasteiger partial charge in [0, 0.05) is 17.5 Å². The minimum Gasteiger partial charge on any atom is -0.497 e. The summed E-state index contributed by atoms with van der Waals surface area (Å²) in [5.74, 6) is 0.336. The first-order valence-electron chi connectivity index (χ1n) is 6.73. The number of para-hydroxylation sites is 1. The summed E-state index contributed by atoms with van der Waals surface area (Å²) in [7, 11) is 1.55. The number of benzene rings is 2. The molecule has 0 aliphatic carbocycles. The summed E-state index contributed by atoms with van der Waals surface area (Å²) in [6.07, 6.45) is 0.395. The van der Waals surface area contributed by atoms with E-state index in [4.69, 9.17) is 4.74 Å². The number of amides is 1. The number of methoxy groups -OCH3 is 1. The van der Waals surface area contributed by atoms with Crippen LogP contribution in [0.5, 0.6) is 5.75 Å². The molecule has 2 aromatic rings. The topological polar surface area (TPSA) is 55.4 Å². The number of ketones is 1. The van der Waals surface area contributed by atoms with Crippen molar-refractivity contribution in [1.29, 1.82) is 0 Å². The second kappa shape index (κ2) is 6.70. The van der Waals surface area contributed by atoms with Crippen LogP contribution in [0.4, 0.5) is 5.69 Å². The normalized spacial score (nSPS) is 10.0. The second-order valence-corrected chi connectivity index (χ2v) is 4.51. The minimum absolute atomic E-state index is 0.00320. The highest BCUT2D eigenvalue weighted by molar-refractivity contribution is 6.09. The third kappa shape index (κ3) is 3.48. The molecule has 0 aliphatic heterocycles. The standard InChI is InChI=1S/C17H17NO3/c1-3-16(19)14-9-4-5-10-15(14)18-17(20)12-7-6-8-13(11-12)21-2/h4-11H,3H2,1-2H3,(H,18,20). The Labute approximate surface area is 123 Å². The Balaban J connectivity index is 2.25. The fourth-order valence-corrected chi connectivity index (χ4v) is 1.98. The highest BCUT2D eigenvalue weighted by Gasteiger charge is 2.13. The number of hydrogen-bond donors (Lipinski definition) is 1. The third-order valence-electron chi connectivity index (χ3n) is 3.13. The van der Waals surface area contributed by atoms with Gasteiger partial charge in [0.05, 0.1) is 12.8 Å². The lowest BCUT2D eigenvalue weighted by molar-refractivity contribution is 0.0989. The average molecular weight is 283 g/mol. The number of Topliss-reactive ketones (excluding diaryl/α,β-unsaturated/α-hetero) is 1. The Morgan fingerprint density at radius 3 is 2.57 bits per heavy atom. The SMILES string of the molecule is CCC(=O)c1ccccc1NC(=O)c1cccc(OC)c1. The van der Waals surface area contributed by atoms with E-state index in [0.717, 1.165) is 0 Å². The van der Waals surface area contributed by atoms with Crippen LogP contribution in [0, 0.1) is 0 Å². The first-order chi connectivity index (χ1) is 10.2. The van der Waals surface area contributed by atoms with Gasteiger partial charge in [0.15, 0.2) is 5.78 Å². The van der Waals surface area contributed by atoms with E-state index >= 15 is 0 Å². The molecule has 2 rings (SSSR count). The molecule has 1 N–H and O–H groups in total. The summed E-state index contributed by atoms with van der Waals surface area (Å²) in [5, 5.41) is 2.78. The van der Waals surface area contributed by atoms with Crippen LogP contribution in [0.15, 0.2) is 48.5 Å². The zero-order chi connectivity index (χ0) is 15.2. The van der Waals surface area contributed by atoms with Crippen LogP contribution < -0.4 is 10.1 Å². The number of rotatable bonds is 5. The van der Waals surface area contributed by atoms with E-state index in [1.165, 1.54) is 0 Å². The lowest BCUT2D eigenvalue weighted by Crippen LogP contribution is -2.14. The van der Waals surface area contributed by atoms with Crippen LogP contribution in [-0.2, 0) is 0 Å².